The molecule has 0 heterocycles. The van der Waals surface area contributed by atoms with E-state index in [-0.39, 0.29) is 24.2 Å². The molecule has 0 aliphatic carbocycles. The second-order valence-corrected chi connectivity index (χ2v) is 6.68. The zero-order chi connectivity index (χ0) is 20.8. The summed E-state index contributed by atoms with van der Waals surface area (Å²) >= 11 is 0. The minimum absolute atomic E-state index is 0.00855. The molecule has 0 atom stereocenters. The van der Waals surface area contributed by atoms with Crippen molar-refractivity contribution in [2.24, 2.45) is 0 Å². The number of carbonyl (C=O) groups is 2. The van der Waals surface area contributed by atoms with Crippen molar-refractivity contribution in [1.29, 1.82) is 0 Å². The Balaban J connectivity index is 1.66. The molecule has 0 spiro atoms. The highest BCUT2D eigenvalue weighted by atomic mass is 19.1. The Morgan fingerprint density at radius 1 is 0.828 bits per heavy atom. The third-order valence-electron chi connectivity index (χ3n) is 4.46. The molecule has 148 valence electrons. The Bertz CT molecular complexity index is 1010. The molecule has 0 aliphatic rings. The van der Waals surface area contributed by atoms with E-state index in [1.54, 1.807) is 24.3 Å². The van der Waals surface area contributed by atoms with Crippen LogP contribution in [0.5, 0.6) is 0 Å². The SMILES string of the molecule is Cc1cccc(C)c1NC(=O)CNc1ccccc1C(=O)Nc1ccc(F)cc1. The lowest BCUT2D eigenvalue weighted by Gasteiger charge is -2.14. The van der Waals surface area contributed by atoms with Gasteiger partial charge in [0, 0.05) is 17.1 Å². The van der Waals surface area contributed by atoms with E-state index in [1.165, 1.54) is 24.3 Å². The van der Waals surface area contributed by atoms with Crippen molar-refractivity contribution in [2.45, 2.75) is 13.8 Å². The van der Waals surface area contributed by atoms with Crippen molar-refractivity contribution in [1.82, 2.24) is 0 Å². The zero-order valence-corrected chi connectivity index (χ0v) is 16.3. The fourth-order valence-electron chi connectivity index (χ4n) is 2.94. The highest BCUT2D eigenvalue weighted by Crippen LogP contribution is 2.20. The van der Waals surface area contributed by atoms with Gasteiger partial charge in [-0.05, 0) is 61.4 Å². The molecule has 0 bridgehead atoms. The molecule has 0 saturated heterocycles. The summed E-state index contributed by atoms with van der Waals surface area (Å²) in [6.07, 6.45) is 0. The molecule has 3 aromatic carbocycles. The molecule has 0 unspecified atom stereocenters. The number of aryl methyl sites for hydroxylation is 2. The van der Waals surface area contributed by atoms with E-state index in [0.29, 0.717) is 16.9 Å². The summed E-state index contributed by atoms with van der Waals surface area (Å²) in [6.45, 7) is 3.88. The molecule has 3 N–H and O–H groups in total. The molecule has 0 saturated carbocycles. The maximum atomic E-state index is 13.0. The summed E-state index contributed by atoms with van der Waals surface area (Å²) in [4.78, 5) is 25.0. The lowest BCUT2D eigenvalue weighted by Crippen LogP contribution is -2.24. The number of benzene rings is 3. The Labute approximate surface area is 169 Å². The standard InChI is InChI=1S/C23H22FN3O2/c1-15-6-5-7-16(2)22(15)27-21(28)14-25-20-9-4-3-8-19(20)23(29)26-18-12-10-17(24)11-13-18/h3-13,25H,14H2,1-2H3,(H,26,29)(H,27,28). The summed E-state index contributed by atoms with van der Waals surface area (Å²) in [7, 11) is 0. The topological polar surface area (TPSA) is 70.2 Å². The summed E-state index contributed by atoms with van der Waals surface area (Å²) in [5.41, 5.74) is 4.16. The smallest absolute Gasteiger partial charge is 0.257 e. The van der Waals surface area contributed by atoms with Crippen LogP contribution in [-0.2, 0) is 4.79 Å². The van der Waals surface area contributed by atoms with Crippen LogP contribution in [0.15, 0.2) is 66.7 Å². The highest BCUT2D eigenvalue weighted by molar-refractivity contribution is 6.08. The Morgan fingerprint density at radius 2 is 1.48 bits per heavy atom. The number of para-hydroxylation sites is 2. The molecule has 0 fully saturated rings. The van der Waals surface area contributed by atoms with Gasteiger partial charge >= 0.3 is 0 Å². The molecule has 0 aromatic heterocycles. The maximum absolute atomic E-state index is 13.0. The van der Waals surface area contributed by atoms with Gasteiger partial charge < -0.3 is 16.0 Å². The molecule has 2 amide bonds. The number of rotatable bonds is 6. The molecule has 5 nitrogen and oxygen atoms in total. The molecule has 3 aromatic rings. The third-order valence-corrected chi connectivity index (χ3v) is 4.46. The van der Waals surface area contributed by atoms with Crippen LogP contribution in [0.1, 0.15) is 21.5 Å². The number of carbonyl (C=O) groups excluding carboxylic acids is 2. The van der Waals surface area contributed by atoms with Gasteiger partial charge in [0.05, 0.1) is 12.1 Å². The summed E-state index contributed by atoms with van der Waals surface area (Å²) < 4.78 is 13.0. The minimum atomic E-state index is -0.375. The molecular formula is C23H22FN3O2. The van der Waals surface area contributed by atoms with Crippen LogP contribution in [0, 0.1) is 19.7 Å². The Morgan fingerprint density at radius 3 is 2.17 bits per heavy atom. The molecule has 29 heavy (non-hydrogen) atoms. The average molecular weight is 391 g/mol. The van der Waals surface area contributed by atoms with Crippen LogP contribution in [0.3, 0.4) is 0 Å². The lowest BCUT2D eigenvalue weighted by atomic mass is 10.1. The lowest BCUT2D eigenvalue weighted by molar-refractivity contribution is -0.114. The van der Waals surface area contributed by atoms with Gasteiger partial charge in [-0.3, -0.25) is 9.59 Å². The van der Waals surface area contributed by atoms with Crippen molar-refractivity contribution < 1.29 is 14.0 Å². The second-order valence-electron chi connectivity index (χ2n) is 6.68. The largest absolute Gasteiger partial charge is 0.376 e. The van der Waals surface area contributed by atoms with Gasteiger partial charge in [0.2, 0.25) is 5.91 Å². The molecular weight excluding hydrogens is 369 g/mol. The maximum Gasteiger partial charge on any atom is 0.257 e. The predicted molar refractivity (Wildman–Crippen MR) is 114 cm³/mol. The fraction of sp³-hybridized carbons (Fsp3) is 0.130. The van der Waals surface area contributed by atoms with E-state index < -0.39 is 0 Å². The van der Waals surface area contributed by atoms with E-state index in [4.69, 9.17) is 0 Å². The first-order valence-electron chi connectivity index (χ1n) is 9.20. The van der Waals surface area contributed by atoms with Crippen molar-refractivity contribution in [3.63, 3.8) is 0 Å². The monoisotopic (exact) mass is 391 g/mol. The molecule has 0 aliphatic heterocycles. The predicted octanol–water partition coefficient (Wildman–Crippen LogP) is 4.75. The van der Waals surface area contributed by atoms with Crippen LogP contribution in [0.25, 0.3) is 0 Å². The van der Waals surface area contributed by atoms with E-state index in [2.05, 4.69) is 16.0 Å². The zero-order valence-electron chi connectivity index (χ0n) is 16.3. The van der Waals surface area contributed by atoms with Gasteiger partial charge in [0.15, 0.2) is 0 Å². The fourth-order valence-corrected chi connectivity index (χ4v) is 2.94. The first kappa shape index (κ1) is 20.1. The first-order valence-corrected chi connectivity index (χ1v) is 9.20. The molecule has 3 rings (SSSR count). The summed E-state index contributed by atoms with van der Waals surface area (Å²) in [5, 5.41) is 8.64. The van der Waals surface area contributed by atoms with Gasteiger partial charge in [-0.2, -0.15) is 0 Å². The number of anilines is 3. The van der Waals surface area contributed by atoms with Crippen LogP contribution < -0.4 is 16.0 Å². The van der Waals surface area contributed by atoms with Crippen molar-refractivity contribution in [3.05, 3.63) is 89.2 Å². The molecule has 0 radical (unpaired) electrons. The Kier molecular flexibility index (Phi) is 6.24. The van der Waals surface area contributed by atoms with E-state index >= 15 is 0 Å². The number of hydrogen-bond donors (Lipinski definition) is 3. The van der Waals surface area contributed by atoms with Crippen LogP contribution in [-0.4, -0.2) is 18.4 Å². The van der Waals surface area contributed by atoms with Crippen LogP contribution in [0.2, 0.25) is 0 Å². The number of hydrogen-bond acceptors (Lipinski definition) is 3. The van der Waals surface area contributed by atoms with Crippen LogP contribution in [0.4, 0.5) is 21.5 Å². The van der Waals surface area contributed by atoms with Gasteiger partial charge in [0.25, 0.3) is 5.91 Å². The third kappa shape index (κ3) is 5.19. The normalized spacial score (nSPS) is 10.3. The highest BCUT2D eigenvalue weighted by Gasteiger charge is 2.13. The summed E-state index contributed by atoms with van der Waals surface area (Å²) in [5.74, 6) is -0.939. The summed E-state index contributed by atoms with van der Waals surface area (Å²) in [6, 6.07) is 18.2. The number of nitrogens with one attached hydrogen (secondary N) is 3. The van der Waals surface area contributed by atoms with Crippen LogP contribution >= 0.6 is 0 Å². The van der Waals surface area contributed by atoms with Crippen molar-refractivity contribution >= 4 is 28.9 Å². The molecule has 6 heteroatoms. The van der Waals surface area contributed by atoms with Gasteiger partial charge in [-0.1, -0.05) is 30.3 Å². The van der Waals surface area contributed by atoms with E-state index in [1.807, 2.05) is 32.0 Å². The van der Waals surface area contributed by atoms with Gasteiger partial charge in [0.1, 0.15) is 5.82 Å². The number of halogens is 1. The van der Waals surface area contributed by atoms with Crippen molar-refractivity contribution in [2.75, 3.05) is 22.5 Å². The quantitative estimate of drug-likeness (QED) is 0.568. The Hall–Kier alpha value is -3.67. The van der Waals surface area contributed by atoms with Gasteiger partial charge in [-0.15, -0.1) is 0 Å². The van der Waals surface area contributed by atoms with E-state index in [0.717, 1.165) is 16.8 Å². The van der Waals surface area contributed by atoms with Gasteiger partial charge in [-0.25, -0.2) is 4.39 Å². The minimum Gasteiger partial charge on any atom is -0.376 e. The number of amides is 2. The van der Waals surface area contributed by atoms with Crippen molar-refractivity contribution in [3.8, 4) is 0 Å². The average Bonchev–Trinajstić information content (AvgIpc) is 2.71. The van der Waals surface area contributed by atoms with E-state index in [9.17, 15) is 14.0 Å². The second kappa shape index (κ2) is 9.01. The first-order chi connectivity index (χ1) is 13.9.